The highest BCUT2D eigenvalue weighted by atomic mass is 19.1. The van der Waals surface area contributed by atoms with Crippen molar-refractivity contribution in [2.75, 3.05) is 43.4 Å². The summed E-state index contributed by atoms with van der Waals surface area (Å²) in [6.07, 6.45) is 0.185. The maximum Gasteiger partial charge on any atom is 0.228 e. The van der Waals surface area contributed by atoms with Gasteiger partial charge in [0.2, 0.25) is 5.91 Å². The van der Waals surface area contributed by atoms with Crippen LogP contribution >= 0.6 is 0 Å². The van der Waals surface area contributed by atoms with Gasteiger partial charge in [-0.05, 0) is 49.0 Å². The number of likely N-dealkylation sites (N-methyl/N-ethyl adjacent to an activating group) is 1. The summed E-state index contributed by atoms with van der Waals surface area (Å²) >= 11 is 0. The van der Waals surface area contributed by atoms with Crippen LogP contribution in [0.25, 0.3) is 11.3 Å². The van der Waals surface area contributed by atoms with Gasteiger partial charge in [-0.1, -0.05) is 24.3 Å². The minimum absolute atomic E-state index is 0.157. The lowest BCUT2D eigenvalue weighted by molar-refractivity contribution is -0.115. The van der Waals surface area contributed by atoms with E-state index >= 15 is 0 Å². The summed E-state index contributed by atoms with van der Waals surface area (Å²) in [6.45, 7) is 3.92. The van der Waals surface area contributed by atoms with Gasteiger partial charge in [-0.3, -0.25) is 4.79 Å². The Hall–Kier alpha value is -3.32. The number of halogens is 1. The van der Waals surface area contributed by atoms with Gasteiger partial charge in [-0.2, -0.15) is 0 Å². The number of carbonyl (C=O) groups excluding carboxylic acids is 1. The van der Waals surface area contributed by atoms with Crippen LogP contribution in [0, 0.1) is 5.82 Å². The van der Waals surface area contributed by atoms with Gasteiger partial charge in [0.1, 0.15) is 5.82 Å². The fraction of sp³-hybridized carbons (Fsp3) is 0.261. The molecule has 1 saturated heterocycles. The Balaban J connectivity index is 1.41. The molecule has 1 fully saturated rings. The smallest absolute Gasteiger partial charge is 0.228 e. The van der Waals surface area contributed by atoms with Crippen molar-refractivity contribution < 1.29 is 9.18 Å². The standard InChI is InChI=1S/C23H24FN5O/c1-28-11-13-29(14-12-28)22-10-9-21(26-27-22)18-3-2-4-20(16-18)25-23(30)15-17-5-7-19(24)8-6-17/h2-10,16H,11-15H2,1H3,(H,25,30). The molecule has 6 nitrogen and oxygen atoms in total. The second-order valence-corrected chi connectivity index (χ2v) is 7.50. The molecule has 1 N–H and O–H groups in total. The first-order valence-electron chi connectivity index (χ1n) is 9.99. The molecule has 2 heterocycles. The molecule has 2 aromatic carbocycles. The molecule has 7 heteroatoms. The molecule has 0 atom stereocenters. The van der Waals surface area contributed by atoms with E-state index in [0.717, 1.165) is 48.8 Å². The maximum absolute atomic E-state index is 13.0. The number of rotatable bonds is 5. The highest BCUT2D eigenvalue weighted by Gasteiger charge is 2.15. The van der Waals surface area contributed by atoms with Gasteiger partial charge in [-0.15, -0.1) is 10.2 Å². The average Bonchev–Trinajstić information content (AvgIpc) is 2.76. The van der Waals surface area contributed by atoms with Crippen LogP contribution in [0.2, 0.25) is 0 Å². The lowest BCUT2D eigenvalue weighted by Crippen LogP contribution is -2.44. The molecular weight excluding hydrogens is 381 g/mol. The van der Waals surface area contributed by atoms with Gasteiger partial charge in [0, 0.05) is 37.4 Å². The Labute approximate surface area is 175 Å². The SMILES string of the molecule is CN1CCN(c2ccc(-c3cccc(NC(=O)Cc4ccc(F)cc4)c3)nn2)CC1. The lowest BCUT2D eigenvalue weighted by Gasteiger charge is -2.32. The van der Waals surface area contributed by atoms with Crippen molar-refractivity contribution in [3.8, 4) is 11.3 Å². The number of anilines is 2. The normalized spacial score (nSPS) is 14.5. The van der Waals surface area contributed by atoms with E-state index in [0.29, 0.717) is 5.69 Å². The van der Waals surface area contributed by atoms with Gasteiger partial charge in [0.25, 0.3) is 0 Å². The molecule has 0 aliphatic carbocycles. The van der Waals surface area contributed by atoms with E-state index in [1.807, 2.05) is 36.4 Å². The Morgan fingerprint density at radius 2 is 1.77 bits per heavy atom. The minimum atomic E-state index is -0.313. The summed E-state index contributed by atoms with van der Waals surface area (Å²) in [4.78, 5) is 16.9. The molecular formula is C23H24FN5O. The third-order valence-corrected chi connectivity index (χ3v) is 5.20. The molecule has 1 aliphatic heterocycles. The number of carbonyl (C=O) groups is 1. The highest BCUT2D eigenvalue weighted by molar-refractivity contribution is 5.92. The van der Waals surface area contributed by atoms with Crippen LogP contribution in [0.5, 0.6) is 0 Å². The van der Waals surface area contributed by atoms with Crippen LogP contribution in [-0.2, 0) is 11.2 Å². The van der Waals surface area contributed by atoms with Gasteiger partial charge in [0.15, 0.2) is 5.82 Å². The second kappa shape index (κ2) is 9.00. The van der Waals surface area contributed by atoms with Crippen LogP contribution in [0.4, 0.5) is 15.9 Å². The number of piperazine rings is 1. The van der Waals surface area contributed by atoms with E-state index in [1.165, 1.54) is 12.1 Å². The van der Waals surface area contributed by atoms with Gasteiger partial charge in [0.05, 0.1) is 12.1 Å². The van der Waals surface area contributed by atoms with E-state index in [4.69, 9.17) is 0 Å². The van der Waals surface area contributed by atoms with E-state index < -0.39 is 0 Å². The van der Waals surface area contributed by atoms with E-state index in [-0.39, 0.29) is 18.1 Å². The first-order chi connectivity index (χ1) is 14.6. The monoisotopic (exact) mass is 405 g/mol. The number of nitrogens with zero attached hydrogens (tertiary/aromatic N) is 4. The molecule has 0 unspecified atom stereocenters. The average molecular weight is 405 g/mol. The van der Waals surface area contributed by atoms with Crippen molar-refractivity contribution in [2.24, 2.45) is 0 Å². The first-order valence-corrected chi connectivity index (χ1v) is 9.99. The number of amides is 1. The van der Waals surface area contributed by atoms with Crippen LogP contribution in [0.1, 0.15) is 5.56 Å². The quantitative estimate of drug-likeness (QED) is 0.706. The molecule has 0 saturated carbocycles. The van der Waals surface area contributed by atoms with Crippen molar-refractivity contribution in [1.29, 1.82) is 0 Å². The molecule has 4 rings (SSSR count). The Morgan fingerprint density at radius 3 is 2.47 bits per heavy atom. The molecule has 1 aliphatic rings. The van der Waals surface area contributed by atoms with Crippen LogP contribution in [0.3, 0.4) is 0 Å². The number of hydrogen-bond donors (Lipinski definition) is 1. The number of hydrogen-bond acceptors (Lipinski definition) is 5. The molecule has 0 bridgehead atoms. The second-order valence-electron chi connectivity index (χ2n) is 7.50. The van der Waals surface area contributed by atoms with Crippen LogP contribution in [-0.4, -0.2) is 54.2 Å². The van der Waals surface area contributed by atoms with Crippen molar-refractivity contribution in [1.82, 2.24) is 15.1 Å². The Bertz CT molecular complexity index is 999. The molecule has 30 heavy (non-hydrogen) atoms. The summed E-state index contributed by atoms with van der Waals surface area (Å²) in [6, 6.07) is 17.4. The van der Waals surface area contributed by atoms with Crippen LogP contribution in [0.15, 0.2) is 60.7 Å². The predicted octanol–water partition coefficient (Wildman–Crippen LogP) is 3.22. The topological polar surface area (TPSA) is 61.4 Å². The largest absolute Gasteiger partial charge is 0.353 e. The third-order valence-electron chi connectivity index (χ3n) is 5.20. The molecule has 0 spiro atoms. The Morgan fingerprint density at radius 1 is 1.00 bits per heavy atom. The molecule has 0 radical (unpaired) electrons. The molecule has 3 aromatic rings. The minimum Gasteiger partial charge on any atom is -0.353 e. The molecule has 1 aromatic heterocycles. The lowest BCUT2D eigenvalue weighted by atomic mass is 10.1. The number of nitrogens with one attached hydrogen (secondary N) is 1. The third kappa shape index (κ3) is 4.99. The zero-order valence-electron chi connectivity index (χ0n) is 16.9. The fourth-order valence-electron chi connectivity index (χ4n) is 3.43. The van der Waals surface area contributed by atoms with Crippen molar-refractivity contribution in [3.63, 3.8) is 0 Å². The summed E-state index contributed by atoms with van der Waals surface area (Å²) < 4.78 is 13.0. The summed E-state index contributed by atoms with van der Waals surface area (Å²) in [5, 5.41) is 11.7. The predicted molar refractivity (Wildman–Crippen MR) is 116 cm³/mol. The van der Waals surface area contributed by atoms with Crippen molar-refractivity contribution in [3.05, 3.63) is 72.0 Å². The van der Waals surface area contributed by atoms with Crippen molar-refractivity contribution >= 4 is 17.4 Å². The van der Waals surface area contributed by atoms with Crippen LogP contribution < -0.4 is 10.2 Å². The summed E-state index contributed by atoms with van der Waals surface area (Å²) in [7, 11) is 2.12. The summed E-state index contributed by atoms with van der Waals surface area (Å²) in [5.41, 5.74) is 3.08. The van der Waals surface area contributed by atoms with Gasteiger partial charge >= 0.3 is 0 Å². The van der Waals surface area contributed by atoms with E-state index in [1.54, 1.807) is 12.1 Å². The summed E-state index contributed by atoms with van der Waals surface area (Å²) in [5.74, 6) is 0.414. The van der Waals surface area contributed by atoms with E-state index in [2.05, 4.69) is 32.4 Å². The van der Waals surface area contributed by atoms with Gasteiger partial charge < -0.3 is 15.1 Å². The number of aromatic nitrogens is 2. The van der Waals surface area contributed by atoms with Crippen molar-refractivity contribution in [2.45, 2.75) is 6.42 Å². The zero-order chi connectivity index (χ0) is 20.9. The zero-order valence-corrected chi connectivity index (χ0v) is 16.9. The fourth-order valence-corrected chi connectivity index (χ4v) is 3.43. The van der Waals surface area contributed by atoms with E-state index in [9.17, 15) is 9.18 Å². The molecule has 1 amide bonds. The highest BCUT2D eigenvalue weighted by Crippen LogP contribution is 2.22. The number of benzene rings is 2. The Kier molecular flexibility index (Phi) is 5.99. The van der Waals surface area contributed by atoms with Gasteiger partial charge in [-0.25, -0.2) is 4.39 Å². The molecule has 154 valence electrons. The first kappa shape index (κ1) is 20.0. The maximum atomic E-state index is 13.0.